The van der Waals surface area contributed by atoms with Gasteiger partial charge in [-0.3, -0.25) is 9.69 Å². The largest absolute Gasteiger partial charge is 0.486 e. The van der Waals surface area contributed by atoms with Gasteiger partial charge in [0, 0.05) is 37.8 Å². The summed E-state index contributed by atoms with van der Waals surface area (Å²) < 4.78 is 63.1. The summed E-state index contributed by atoms with van der Waals surface area (Å²) in [6, 6.07) is 4.04. The standard InChI is InChI=1S/C21H24F2N2O5S/c1-31(27,28)25-6-4-14(5-7-25)12-30-20-13-29-16(8-19(20)26)10-24-9-15-2-3-18(22)21(23)17(15)11-24/h2-3,8,13-14H,4-7,9-12H2,1H3. The van der Waals surface area contributed by atoms with Crippen molar-refractivity contribution in [3.8, 4) is 5.75 Å². The molecule has 1 aromatic heterocycles. The van der Waals surface area contributed by atoms with E-state index in [9.17, 15) is 22.0 Å². The highest BCUT2D eigenvalue weighted by Crippen LogP contribution is 2.28. The minimum atomic E-state index is -3.18. The van der Waals surface area contributed by atoms with Crippen molar-refractivity contribution in [2.75, 3.05) is 26.0 Å². The average molecular weight is 454 g/mol. The van der Waals surface area contributed by atoms with Gasteiger partial charge in [0.05, 0.1) is 19.4 Å². The number of sulfonamides is 1. The summed E-state index contributed by atoms with van der Waals surface area (Å²) in [4.78, 5) is 14.2. The van der Waals surface area contributed by atoms with E-state index in [1.807, 2.05) is 4.90 Å². The van der Waals surface area contributed by atoms with Crippen LogP contribution in [0.4, 0.5) is 8.78 Å². The van der Waals surface area contributed by atoms with E-state index < -0.39 is 21.7 Å². The summed E-state index contributed by atoms with van der Waals surface area (Å²) in [5.74, 6) is -1.02. The fourth-order valence-corrected chi connectivity index (χ4v) is 4.92. The van der Waals surface area contributed by atoms with Gasteiger partial charge in [0.2, 0.25) is 21.2 Å². The summed E-state index contributed by atoms with van der Waals surface area (Å²) in [6.45, 7) is 2.18. The van der Waals surface area contributed by atoms with Gasteiger partial charge in [-0.2, -0.15) is 0 Å². The van der Waals surface area contributed by atoms with E-state index in [4.69, 9.17) is 9.15 Å². The Morgan fingerprint density at radius 1 is 1.19 bits per heavy atom. The second kappa shape index (κ2) is 8.68. The molecule has 2 aliphatic rings. The molecule has 168 valence electrons. The van der Waals surface area contributed by atoms with E-state index in [0.717, 1.165) is 11.6 Å². The third-order valence-electron chi connectivity index (χ3n) is 5.82. The van der Waals surface area contributed by atoms with Gasteiger partial charge < -0.3 is 9.15 Å². The predicted octanol–water partition coefficient (Wildman–Crippen LogP) is 2.48. The van der Waals surface area contributed by atoms with Gasteiger partial charge in [-0.1, -0.05) is 6.07 Å². The van der Waals surface area contributed by atoms with E-state index in [0.29, 0.717) is 50.4 Å². The number of hydrogen-bond acceptors (Lipinski definition) is 6. The van der Waals surface area contributed by atoms with Gasteiger partial charge in [-0.25, -0.2) is 21.5 Å². The smallest absolute Gasteiger partial charge is 0.227 e. The molecule has 0 atom stereocenters. The number of fused-ring (bicyclic) bond motifs is 1. The molecule has 1 aromatic carbocycles. The van der Waals surface area contributed by atoms with Crippen LogP contribution in [-0.4, -0.2) is 43.6 Å². The number of rotatable bonds is 6. The molecule has 2 aliphatic heterocycles. The highest BCUT2D eigenvalue weighted by molar-refractivity contribution is 7.88. The van der Waals surface area contributed by atoms with E-state index in [1.54, 1.807) is 6.07 Å². The van der Waals surface area contributed by atoms with Gasteiger partial charge in [0.15, 0.2) is 11.6 Å². The number of benzene rings is 1. The number of ether oxygens (including phenoxy) is 1. The maximum Gasteiger partial charge on any atom is 0.227 e. The quantitative estimate of drug-likeness (QED) is 0.667. The van der Waals surface area contributed by atoms with Crippen LogP contribution >= 0.6 is 0 Å². The van der Waals surface area contributed by atoms with Gasteiger partial charge in [-0.15, -0.1) is 0 Å². The van der Waals surface area contributed by atoms with Crippen molar-refractivity contribution in [1.82, 2.24) is 9.21 Å². The van der Waals surface area contributed by atoms with E-state index in [-0.39, 0.29) is 30.2 Å². The molecule has 0 saturated carbocycles. The summed E-state index contributed by atoms with van der Waals surface area (Å²) in [7, 11) is -3.18. The number of nitrogens with zero attached hydrogens (tertiary/aromatic N) is 2. The molecule has 1 saturated heterocycles. The van der Waals surface area contributed by atoms with Crippen LogP contribution in [-0.2, 0) is 29.7 Å². The normalized spacial score (nSPS) is 18.3. The van der Waals surface area contributed by atoms with Crippen LogP contribution in [0, 0.1) is 17.6 Å². The summed E-state index contributed by atoms with van der Waals surface area (Å²) in [5.41, 5.74) is 0.746. The minimum Gasteiger partial charge on any atom is -0.486 e. The van der Waals surface area contributed by atoms with Crippen LogP contribution < -0.4 is 10.2 Å². The first-order chi connectivity index (χ1) is 14.7. The van der Waals surface area contributed by atoms with Crippen molar-refractivity contribution in [3.63, 3.8) is 0 Å². The Bertz CT molecular complexity index is 1130. The van der Waals surface area contributed by atoms with Gasteiger partial charge in [0.25, 0.3) is 0 Å². The lowest BCUT2D eigenvalue weighted by Gasteiger charge is -2.29. The second-order valence-corrected chi connectivity index (χ2v) is 10.1. The van der Waals surface area contributed by atoms with Crippen molar-refractivity contribution >= 4 is 10.0 Å². The van der Waals surface area contributed by atoms with Crippen LogP contribution in [0.15, 0.2) is 33.7 Å². The van der Waals surface area contributed by atoms with Crippen molar-refractivity contribution in [2.24, 2.45) is 5.92 Å². The number of halogens is 2. The Morgan fingerprint density at radius 3 is 2.61 bits per heavy atom. The third-order valence-corrected chi connectivity index (χ3v) is 7.12. The molecular formula is C21H24F2N2O5S. The van der Waals surface area contributed by atoms with Gasteiger partial charge >= 0.3 is 0 Å². The zero-order chi connectivity index (χ0) is 22.2. The molecule has 0 N–H and O–H groups in total. The highest BCUT2D eigenvalue weighted by Gasteiger charge is 2.26. The van der Waals surface area contributed by atoms with E-state index >= 15 is 0 Å². The maximum atomic E-state index is 13.9. The fourth-order valence-electron chi connectivity index (χ4n) is 4.05. The Morgan fingerprint density at radius 2 is 1.94 bits per heavy atom. The van der Waals surface area contributed by atoms with Crippen LogP contribution in [0.3, 0.4) is 0 Å². The van der Waals surface area contributed by atoms with Gasteiger partial charge in [-0.05, 0) is 30.4 Å². The Hall–Kier alpha value is -2.30. The lowest BCUT2D eigenvalue weighted by atomic mass is 9.99. The van der Waals surface area contributed by atoms with Crippen LogP contribution in [0.2, 0.25) is 0 Å². The predicted molar refractivity (Wildman–Crippen MR) is 109 cm³/mol. The first-order valence-corrected chi connectivity index (χ1v) is 11.9. The number of hydrogen-bond donors (Lipinski definition) is 0. The molecule has 0 bridgehead atoms. The van der Waals surface area contributed by atoms with Crippen molar-refractivity contribution < 1.29 is 26.4 Å². The topological polar surface area (TPSA) is 80.1 Å². The van der Waals surface area contributed by atoms with E-state index in [1.165, 1.54) is 22.9 Å². The molecule has 31 heavy (non-hydrogen) atoms. The highest BCUT2D eigenvalue weighted by atomic mass is 32.2. The summed E-state index contributed by atoms with van der Waals surface area (Å²) in [5, 5.41) is 0. The zero-order valence-electron chi connectivity index (χ0n) is 17.1. The first kappa shape index (κ1) is 21.9. The monoisotopic (exact) mass is 454 g/mol. The molecule has 0 amide bonds. The van der Waals surface area contributed by atoms with Crippen molar-refractivity contribution in [2.45, 2.75) is 32.5 Å². The fraction of sp³-hybridized carbons (Fsp3) is 0.476. The molecule has 0 spiro atoms. The van der Waals surface area contributed by atoms with Crippen molar-refractivity contribution in [1.29, 1.82) is 0 Å². The third kappa shape index (κ3) is 4.97. The molecule has 4 rings (SSSR count). The zero-order valence-corrected chi connectivity index (χ0v) is 18.0. The lowest BCUT2D eigenvalue weighted by Crippen LogP contribution is -2.39. The Balaban J connectivity index is 1.31. The minimum absolute atomic E-state index is 0.104. The van der Waals surface area contributed by atoms with E-state index in [2.05, 4.69) is 0 Å². The summed E-state index contributed by atoms with van der Waals surface area (Å²) >= 11 is 0. The first-order valence-electron chi connectivity index (χ1n) is 10.1. The van der Waals surface area contributed by atoms with Crippen LogP contribution in [0.5, 0.6) is 5.75 Å². The SMILES string of the molecule is CS(=O)(=O)N1CCC(COc2coc(CN3Cc4ccc(F)c(F)c4C3)cc2=O)CC1. The van der Waals surface area contributed by atoms with Crippen LogP contribution in [0.1, 0.15) is 29.7 Å². The molecule has 3 heterocycles. The molecule has 7 nitrogen and oxygen atoms in total. The Labute approximate surface area is 179 Å². The van der Waals surface area contributed by atoms with Crippen molar-refractivity contribution in [3.05, 3.63) is 63.2 Å². The molecule has 0 unspecified atom stereocenters. The van der Waals surface area contributed by atoms with Gasteiger partial charge in [0.1, 0.15) is 12.0 Å². The molecular weight excluding hydrogens is 430 g/mol. The molecule has 1 fully saturated rings. The number of piperidine rings is 1. The molecule has 10 heteroatoms. The lowest BCUT2D eigenvalue weighted by molar-refractivity contribution is 0.180. The van der Waals surface area contributed by atoms with Crippen LogP contribution in [0.25, 0.3) is 0 Å². The maximum absolute atomic E-state index is 13.9. The summed E-state index contributed by atoms with van der Waals surface area (Å²) in [6.07, 6.45) is 3.81. The molecule has 0 aliphatic carbocycles. The Kier molecular flexibility index (Phi) is 6.14. The molecule has 2 aromatic rings. The molecule has 0 radical (unpaired) electrons. The average Bonchev–Trinajstić information content (AvgIpc) is 3.13. The second-order valence-electron chi connectivity index (χ2n) is 8.14.